The quantitative estimate of drug-likeness (QED) is 0.629. The molecular weight excluding hydrogens is 336 g/mol. The van der Waals surface area contributed by atoms with Gasteiger partial charge >= 0.3 is 5.97 Å². The summed E-state index contributed by atoms with van der Waals surface area (Å²) in [6.07, 6.45) is 0.351. The third-order valence-electron chi connectivity index (χ3n) is 5.64. The number of amides is 2. The van der Waals surface area contributed by atoms with Crippen LogP contribution in [0.1, 0.15) is 31.9 Å². The maximum Gasteiger partial charge on any atom is 0.326 e. The van der Waals surface area contributed by atoms with E-state index in [1.165, 1.54) is 12.0 Å². The fourth-order valence-electron chi connectivity index (χ4n) is 4.31. The minimum atomic E-state index is -1.21. The molecule has 26 heavy (non-hydrogen) atoms. The van der Waals surface area contributed by atoms with Gasteiger partial charge in [-0.3, -0.25) is 24.6 Å². The minimum Gasteiger partial charge on any atom is -0.497 e. The molecule has 140 valence electrons. The van der Waals surface area contributed by atoms with Crippen molar-refractivity contribution in [2.75, 3.05) is 20.8 Å². The standard InChI is InChI=1S/C19H24N2O5/c1-5-19(18(24)26-4)14-13(16(22)21(6-2)17(14)23)15(20-19)11-7-9-12(25-3)10-8-11/h7-10,13-15,20H,5-6H2,1-4H3/t13-,14+,15-,19+/m0/s1. The van der Waals surface area contributed by atoms with Crippen molar-refractivity contribution < 1.29 is 23.9 Å². The second-order valence-corrected chi connectivity index (χ2v) is 6.64. The van der Waals surface area contributed by atoms with Crippen LogP contribution in [0.5, 0.6) is 5.75 Å². The molecule has 1 aromatic carbocycles. The summed E-state index contributed by atoms with van der Waals surface area (Å²) in [6.45, 7) is 3.88. The van der Waals surface area contributed by atoms with Gasteiger partial charge in [0.2, 0.25) is 11.8 Å². The van der Waals surface area contributed by atoms with Gasteiger partial charge in [-0.15, -0.1) is 0 Å². The molecule has 0 radical (unpaired) electrons. The van der Waals surface area contributed by atoms with Crippen LogP contribution in [0.25, 0.3) is 0 Å². The number of carbonyl (C=O) groups excluding carboxylic acids is 3. The number of nitrogens with one attached hydrogen (secondary N) is 1. The first-order chi connectivity index (χ1) is 12.4. The number of ether oxygens (including phenoxy) is 2. The Morgan fingerprint density at radius 3 is 2.31 bits per heavy atom. The molecule has 4 atom stereocenters. The van der Waals surface area contributed by atoms with Crippen LogP contribution in [0.15, 0.2) is 24.3 Å². The van der Waals surface area contributed by atoms with Crippen molar-refractivity contribution in [1.29, 1.82) is 0 Å². The number of fused-ring (bicyclic) bond motifs is 1. The monoisotopic (exact) mass is 360 g/mol. The Morgan fingerprint density at radius 1 is 1.15 bits per heavy atom. The summed E-state index contributed by atoms with van der Waals surface area (Å²) < 4.78 is 10.2. The second-order valence-electron chi connectivity index (χ2n) is 6.64. The first-order valence-corrected chi connectivity index (χ1v) is 8.80. The molecular formula is C19H24N2O5. The van der Waals surface area contributed by atoms with Crippen LogP contribution in [0, 0.1) is 11.8 Å². The third-order valence-corrected chi connectivity index (χ3v) is 5.64. The smallest absolute Gasteiger partial charge is 0.326 e. The van der Waals surface area contributed by atoms with Gasteiger partial charge in [0, 0.05) is 12.6 Å². The number of nitrogens with zero attached hydrogens (tertiary/aromatic N) is 1. The first-order valence-electron chi connectivity index (χ1n) is 8.80. The summed E-state index contributed by atoms with van der Waals surface area (Å²) >= 11 is 0. The van der Waals surface area contributed by atoms with E-state index in [0.717, 1.165) is 5.56 Å². The number of likely N-dealkylation sites (tertiary alicyclic amines) is 1. The van der Waals surface area contributed by atoms with Crippen molar-refractivity contribution >= 4 is 17.8 Å². The molecule has 7 nitrogen and oxygen atoms in total. The molecule has 3 rings (SSSR count). The molecule has 2 aliphatic heterocycles. The fraction of sp³-hybridized carbons (Fsp3) is 0.526. The predicted molar refractivity (Wildman–Crippen MR) is 93.3 cm³/mol. The van der Waals surface area contributed by atoms with Crippen molar-refractivity contribution in [3.63, 3.8) is 0 Å². The van der Waals surface area contributed by atoms with Gasteiger partial charge in [0.15, 0.2) is 0 Å². The van der Waals surface area contributed by atoms with Gasteiger partial charge in [0.05, 0.1) is 26.1 Å². The van der Waals surface area contributed by atoms with Crippen LogP contribution in [0.3, 0.4) is 0 Å². The van der Waals surface area contributed by atoms with E-state index in [9.17, 15) is 14.4 Å². The van der Waals surface area contributed by atoms with E-state index in [2.05, 4.69) is 5.32 Å². The van der Waals surface area contributed by atoms with Crippen LogP contribution < -0.4 is 10.1 Å². The van der Waals surface area contributed by atoms with E-state index in [1.807, 2.05) is 19.1 Å². The number of imide groups is 1. The van der Waals surface area contributed by atoms with Crippen molar-refractivity contribution in [2.45, 2.75) is 31.8 Å². The number of carbonyl (C=O) groups is 3. The molecule has 2 fully saturated rings. The maximum absolute atomic E-state index is 12.9. The Hall–Kier alpha value is -2.41. The second kappa shape index (κ2) is 6.72. The molecule has 1 aromatic rings. The van der Waals surface area contributed by atoms with Gasteiger partial charge < -0.3 is 9.47 Å². The lowest BCUT2D eigenvalue weighted by molar-refractivity contribution is -0.154. The molecule has 2 saturated heterocycles. The van der Waals surface area contributed by atoms with E-state index >= 15 is 0 Å². The van der Waals surface area contributed by atoms with E-state index in [0.29, 0.717) is 18.7 Å². The normalized spacial score (nSPS) is 30.5. The number of rotatable bonds is 5. The molecule has 0 saturated carbocycles. The first kappa shape index (κ1) is 18.4. The van der Waals surface area contributed by atoms with Gasteiger partial charge in [-0.05, 0) is 31.0 Å². The highest BCUT2D eigenvalue weighted by molar-refractivity contribution is 6.09. The van der Waals surface area contributed by atoms with Crippen molar-refractivity contribution in [1.82, 2.24) is 10.2 Å². The molecule has 1 N–H and O–H groups in total. The molecule has 7 heteroatoms. The molecule has 0 bridgehead atoms. The molecule has 2 aliphatic rings. The summed E-state index contributed by atoms with van der Waals surface area (Å²) in [5.74, 6) is -1.75. The number of hydrogen-bond acceptors (Lipinski definition) is 6. The summed E-state index contributed by atoms with van der Waals surface area (Å²) in [7, 11) is 2.88. The van der Waals surface area contributed by atoms with Gasteiger partial charge in [0.1, 0.15) is 11.3 Å². The van der Waals surface area contributed by atoms with Crippen molar-refractivity contribution in [3.8, 4) is 5.75 Å². The largest absolute Gasteiger partial charge is 0.497 e. The highest BCUT2D eigenvalue weighted by atomic mass is 16.5. The Bertz CT molecular complexity index is 732. The average Bonchev–Trinajstić information content (AvgIpc) is 3.15. The average molecular weight is 360 g/mol. The summed E-state index contributed by atoms with van der Waals surface area (Å²) in [6, 6.07) is 6.86. The summed E-state index contributed by atoms with van der Waals surface area (Å²) in [4.78, 5) is 39.8. The van der Waals surface area contributed by atoms with E-state index in [4.69, 9.17) is 9.47 Å². The number of hydrogen-bond donors (Lipinski definition) is 1. The Kier molecular flexibility index (Phi) is 4.75. The molecule has 0 aromatic heterocycles. The highest BCUT2D eigenvalue weighted by Crippen LogP contribution is 2.50. The number of methoxy groups -OCH3 is 2. The van der Waals surface area contributed by atoms with Crippen LogP contribution in [-0.4, -0.2) is 49.0 Å². The van der Waals surface area contributed by atoms with Crippen LogP contribution in [-0.2, 0) is 19.1 Å². The molecule has 2 amide bonds. The molecule has 2 heterocycles. The van der Waals surface area contributed by atoms with E-state index in [1.54, 1.807) is 26.2 Å². The molecule has 0 spiro atoms. The van der Waals surface area contributed by atoms with Gasteiger partial charge in [-0.2, -0.15) is 0 Å². The Balaban J connectivity index is 2.10. The molecule has 0 unspecified atom stereocenters. The van der Waals surface area contributed by atoms with Crippen LogP contribution in [0.4, 0.5) is 0 Å². The SMILES string of the molecule is CCN1C(=O)[C@@H]2[C@H](c3ccc(OC)cc3)N[C@@](CC)(C(=O)OC)[C@H]2C1=O. The Morgan fingerprint density at radius 2 is 1.81 bits per heavy atom. The zero-order valence-corrected chi connectivity index (χ0v) is 15.4. The van der Waals surface area contributed by atoms with Gasteiger partial charge in [-0.1, -0.05) is 19.1 Å². The highest BCUT2D eigenvalue weighted by Gasteiger charge is 2.67. The van der Waals surface area contributed by atoms with Crippen molar-refractivity contribution in [3.05, 3.63) is 29.8 Å². The van der Waals surface area contributed by atoms with Crippen molar-refractivity contribution in [2.24, 2.45) is 11.8 Å². The Labute approximate surface area is 152 Å². The number of esters is 1. The fourth-order valence-corrected chi connectivity index (χ4v) is 4.31. The van der Waals surface area contributed by atoms with Crippen LogP contribution in [0.2, 0.25) is 0 Å². The summed E-state index contributed by atoms with van der Waals surface area (Å²) in [5, 5.41) is 3.28. The lowest BCUT2D eigenvalue weighted by atomic mass is 9.78. The maximum atomic E-state index is 12.9. The van der Waals surface area contributed by atoms with Gasteiger partial charge in [-0.25, -0.2) is 0 Å². The number of benzene rings is 1. The third kappa shape index (κ3) is 2.41. The topological polar surface area (TPSA) is 84.9 Å². The minimum absolute atomic E-state index is 0.241. The lowest BCUT2D eigenvalue weighted by Gasteiger charge is -2.31. The summed E-state index contributed by atoms with van der Waals surface area (Å²) in [5.41, 5.74) is -0.375. The zero-order chi connectivity index (χ0) is 19.1. The van der Waals surface area contributed by atoms with E-state index in [-0.39, 0.29) is 11.8 Å². The van der Waals surface area contributed by atoms with E-state index < -0.39 is 29.4 Å². The lowest BCUT2D eigenvalue weighted by Crippen LogP contribution is -2.55. The predicted octanol–water partition coefficient (Wildman–Crippen LogP) is 1.28. The van der Waals surface area contributed by atoms with Crippen LogP contribution >= 0.6 is 0 Å². The van der Waals surface area contributed by atoms with Gasteiger partial charge in [0.25, 0.3) is 0 Å². The molecule has 0 aliphatic carbocycles. The zero-order valence-electron chi connectivity index (χ0n) is 15.4.